The van der Waals surface area contributed by atoms with Crippen LogP contribution in [0.4, 0.5) is 0 Å². The molecule has 104 valence electrons. The highest BCUT2D eigenvalue weighted by atomic mass is 16.5. The van der Waals surface area contributed by atoms with E-state index in [2.05, 4.69) is 15.1 Å². The second-order valence-corrected chi connectivity index (χ2v) is 5.15. The van der Waals surface area contributed by atoms with E-state index in [1.54, 1.807) is 6.20 Å². The SMILES string of the molecule is O=C(O)C1CC1c1nc(-c2ccc3ncccc3c2)no1. The minimum atomic E-state index is -0.809. The van der Waals surface area contributed by atoms with Gasteiger partial charge in [0.1, 0.15) is 0 Å². The molecular formula is C15H11N3O3. The molecule has 2 atom stereocenters. The van der Waals surface area contributed by atoms with Crippen molar-refractivity contribution < 1.29 is 14.4 Å². The fraction of sp³-hybridized carbons (Fsp3) is 0.200. The minimum absolute atomic E-state index is 0.147. The molecule has 1 N–H and O–H groups in total. The molecule has 1 fully saturated rings. The summed E-state index contributed by atoms with van der Waals surface area (Å²) >= 11 is 0. The molecule has 1 aromatic carbocycles. The van der Waals surface area contributed by atoms with E-state index < -0.39 is 5.97 Å². The lowest BCUT2D eigenvalue weighted by atomic mass is 10.1. The summed E-state index contributed by atoms with van der Waals surface area (Å²) in [6.07, 6.45) is 2.31. The number of nitrogens with zero attached hydrogens (tertiary/aromatic N) is 3. The molecule has 3 aromatic rings. The summed E-state index contributed by atoms with van der Waals surface area (Å²) in [6, 6.07) is 9.56. The fourth-order valence-electron chi connectivity index (χ4n) is 2.46. The van der Waals surface area contributed by atoms with Crippen LogP contribution in [0, 0.1) is 5.92 Å². The Labute approximate surface area is 119 Å². The first-order valence-electron chi connectivity index (χ1n) is 6.64. The van der Waals surface area contributed by atoms with E-state index in [0.29, 0.717) is 18.1 Å². The van der Waals surface area contributed by atoms with Crippen LogP contribution in [-0.2, 0) is 4.79 Å². The molecule has 1 aliphatic carbocycles. The standard InChI is InChI=1S/C15H11N3O3/c19-15(20)11-7-10(11)14-17-13(18-21-14)9-3-4-12-8(6-9)2-1-5-16-12/h1-6,10-11H,7H2,(H,19,20). The second-order valence-electron chi connectivity index (χ2n) is 5.15. The van der Waals surface area contributed by atoms with E-state index in [0.717, 1.165) is 16.5 Å². The van der Waals surface area contributed by atoms with Crippen molar-refractivity contribution in [1.29, 1.82) is 0 Å². The molecule has 0 spiro atoms. The van der Waals surface area contributed by atoms with Crippen LogP contribution in [0.15, 0.2) is 41.1 Å². The second kappa shape index (κ2) is 4.37. The van der Waals surface area contributed by atoms with Crippen LogP contribution >= 0.6 is 0 Å². The maximum atomic E-state index is 10.9. The number of aromatic nitrogens is 3. The monoisotopic (exact) mass is 281 g/mol. The van der Waals surface area contributed by atoms with Crippen LogP contribution in [0.3, 0.4) is 0 Å². The highest BCUT2D eigenvalue weighted by molar-refractivity contribution is 5.83. The van der Waals surface area contributed by atoms with E-state index in [-0.39, 0.29) is 11.8 Å². The molecular weight excluding hydrogens is 270 g/mol. The van der Waals surface area contributed by atoms with Gasteiger partial charge in [0.15, 0.2) is 0 Å². The first-order valence-corrected chi connectivity index (χ1v) is 6.64. The molecule has 1 saturated carbocycles. The van der Waals surface area contributed by atoms with Gasteiger partial charge in [-0.25, -0.2) is 0 Å². The molecule has 1 aliphatic rings. The van der Waals surface area contributed by atoms with Crippen LogP contribution < -0.4 is 0 Å². The van der Waals surface area contributed by atoms with Crippen molar-refractivity contribution in [1.82, 2.24) is 15.1 Å². The normalized spacial score (nSPS) is 20.6. The summed E-state index contributed by atoms with van der Waals surface area (Å²) in [4.78, 5) is 19.5. The Balaban J connectivity index is 1.66. The lowest BCUT2D eigenvalue weighted by Gasteiger charge is -1.98. The minimum Gasteiger partial charge on any atom is -0.481 e. The van der Waals surface area contributed by atoms with Crippen LogP contribution in [-0.4, -0.2) is 26.2 Å². The van der Waals surface area contributed by atoms with Gasteiger partial charge in [0, 0.05) is 17.1 Å². The van der Waals surface area contributed by atoms with E-state index in [1.807, 2.05) is 30.3 Å². The summed E-state index contributed by atoms with van der Waals surface area (Å²) in [5, 5.41) is 13.9. The number of carboxylic acids is 1. The van der Waals surface area contributed by atoms with Crippen molar-refractivity contribution in [2.45, 2.75) is 12.3 Å². The molecule has 0 aliphatic heterocycles. The molecule has 21 heavy (non-hydrogen) atoms. The van der Waals surface area contributed by atoms with Gasteiger partial charge in [-0.15, -0.1) is 0 Å². The van der Waals surface area contributed by atoms with Gasteiger partial charge < -0.3 is 9.63 Å². The molecule has 6 nitrogen and oxygen atoms in total. The van der Waals surface area contributed by atoms with E-state index in [4.69, 9.17) is 9.63 Å². The smallest absolute Gasteiger partial charge is 0.307 e. The predicted molar refractivity (Wildman–Crippen MR) is 73.5 cm³/mol. The summed E-state index contributed by atoms with van der Waals surface area (Å²) in [5.41, 5.74) is 1.73. The van der Waals surface area contributed by atoms with Crippen molar-refractivity contribution in [3.8, 4) is 11.4 Å². The molecule has 0 bridgehead atoms. The Hall–Kier alpha value is -2.76. The van der Waals surface area contributed by atoms with Crippen LogP contribution in [0.25, 0.3) is 22.3 Å². The average molecular weight is 281 g/mol. The highest BCUT2D eigenvalue weighted by Gasteiger charge is 2.48. The Morgan fingerprint density at radius 2 is 2.24 bits per heavy atom. The number of pyridine rings is 1. The fourth-order valence-corrected chi connectivity index (χ4v) is 2.46. The average Bonchev–Trinajstić information content (AvgIpc) is 3.17. The molecule has 0 radical (unpaired) electrons. The summed E-state index contributed by atoms with van der Waals surface area (Å²) < 4.78 is 5.20. The quantitative estimate of drug-likeness (QED) is 0.793. The Kier molecular flexibility index (Phi) is 2.50. The number of fused-ring (bicyclic) bond motifs is 1. The van der Waals surface area contributed by atoms with Gasteiger partial charge in [0.25, 0.3) is 0 Å². The highest BCUT2D eigenvalue weighted by Crippen LogP contribution is 2.47. The number of carbonyl (C=O) groups is 1. The number of benzene rings is 1. The molecule has 6 heteroatoms. The van der Waals surface area contributed by atoms with Gasteiger partial charge in [-0.05, 0) is 30.7 Å². The third kappa shape index (κ3) is 2.05. The predicted octanol–water partition coefficient (Wildman–Crippen LogP) is 2.47. The Bertz CT molecular complexity index is 843. The van der Waals surface area contributed by atoms with Crippen molar-refractivity contribution in [2.24, 2.45) is 5.92 Å². The molecule has 4 rings (SSSR count). The third-order valence-electron chi connectivity index (χ3n) is 3.73. The lowest BCUT2D eigenvalue weighted by molar-refractivity contribution is -0.138. The van der Waals surface area contributed by atoms with Crippen molar-refractivity contribution in [2.75, 3.05) is 0 Å². The Morgan fingerprint density at radius 3 is 3.05 bits per heavy atom. The van der Waals surface area contributed by atoms with Crippen molar-refractivity contribution in [3.05, 3.63) is 42.4 Å². The number of carboxylic acid groups (broad SMARTS) is 1. The van der Waals surface area contributed by atoms with Gasteiger partial charge >= 0.3 is 5.97 Å². The number of rotatable bonds is 3. The maximum Gasteiger partial charge on any atom is 0.307 e. The number of aliphatic carboxylic acids is 1. The largest absolute Gasteiger partial charge is 0.481 e. The number of hydrogen-bond acceptors (Lipinski definition) is 5. The van der Waals surface area contributed by atoms with Crippen LogP contribution in [0.5, 0.6) is 0 Å². The first kappa shape index (κ1) is 12.0. The van der Waals surface area contributed by atoms with Gasteiger partial charge in [-0.3, -0.25) is 9.78 Å². The van der Waals surface area contributed by atoms with Gasteiger partial charge in [-0.1, -0.05) is 11.2 Å². The van der Waals surface area contributed by atoms with Crippen LogP contribution in [0.1, 0.15) is 18.2 Å². The van der Waals surface area contributed by atoms with E-state index >= 15 is 0 Å². The third-order valence-corrected chi connectivity index (χ3v) is 3.73. The zero-order chi connectivity index (χ0) is 14.4. The molecule has 0 amide bonds. The zero-order valence-electron chi connectivity index (χ0n) is 10.9. The molecule has 2 unspecified atom stereocenters. The van der Waals surface area contributed by atoms with Crippen molar-refractivity contribution in [3.63, 3.8) is 0 Å². The molecule has 2 heterocycles. The van der Waals surface area contributed by atoms with E-state index in [1.165, 1.54) is 0 Å². The molecule has 0 saturated heterocycles. The first-order chi connectivity index (χ1) is 10.2. The summed E-state index contributed by atoms with van der Waals surface area (Å²) in [7, 11) is 0. The van der Waals surface area contributed by atoms with Gasteiger partial charge in [0.05, 0.1) is 17.4 Å². The lowest BCUT2D eigenvalue weighted by Crippen LogP contribution is -1.98. The van der Waals surface area contributed by atoms with E-state index in [9.17, 15) is 4.79 Å². The van der Waals surface area contributed by atoms with Crippen LogP contribution in [0.2, 0.25) is 0 Å². The summed E-state index contributed by atoms with van der Waals surface area (Å²) in [6.45, 7) is 0. The van der Waals surface area contributed by atoms with Crippen molar-refractivity contribution >= 4 is 16.9 Å². The van der Waals surface area contributed by atoms with Gasteiger partial charge in [-0.2, -0.15) is 4.98 Å². The molecule has 2 aromatic heterocycles. The summed E-state index contributed by atoms with van der Waals surface area (Å²) in [5.74, 6) is -0.461. The topological polar surface area (TPSA) is 89.1 Å². The van der Waals surface area contributed by atoms with Gasteiger partial charge in [0.2, 0.25) is 11.7 Å². The number of hydrogen-bond donors (Lipinski definition) is 1. The maximum absolute atomic E-state index is 10.9. The Morgan fingerprint density at radius 1 is 1.33 bits per heavy atom. The zero-order valence-corrected chi connectivity index (χ0v) is 10.9.